The highest BCUT2D eigenvalue weighted by Crippen LogP contribution is 2.41. The summed E-state index contributed by atoms with van der Waals surface area (Å²) in [6.45, 7) is 0. The fourth-order valence-corrected chi connectivity index (χ4v) is 4.64. The van der Waals surface area contributed by atoms with E-state index in [1.165, 1.54) is 55.9 Å². The van der Waals surface area contributed by atoms with E-state index in [1.807, 2.05) is 18.2 Å². The van der Waals surface area contributed by atoms with Crippen LogP contribution in [0.5, 0.6) is 0 Å². The Hall–Kier alpha value is -2.47. The summed E-state index contributed by atoms with van der Waals surface area (Å²) in [5.74, 6) is 0.0924. The Kier molecular flexibility index (Phi) is 5.57. The lowest BCUT2D eigenvalue weighted by molar-refractivity contribution is 0.0999. The number of aromatic nitrogens is 1. The van der Waals surface area contributed by atoms with Gasteiger partial charge in [-0.05, 0) is 61.4 Å². The number of nitrogens with one attached hydrogen (secondary N) is 1. The van der Waals surface area contributed by atoms with Crippen LogP contribution in [0.25, 0.3) is 10.2 Å². The minimum Gasteiger partial charge on any atom is -0.366 e. The normalized spacial score (nSPS) is 16.6. The van der Waals surface area contributed by atoms with Crippen molar-refractivity contribution >= 4 is 32.6 Å². The molecule has 2 aliphatic rings. The Morgan fingerprint density at radius 2 is 1.86 bits per heavy atom. The highest BCUT2D eigenvalue weighted by Gasteiger charge is 2.26. The van der Waals surface area contributed by atoms with Gasteiger partial charge in [0.25, 0.3) is 0 Å². The van der Waals surface area contributed by atoms with Crippen LogP contribution in [0, 0.1) is 5.82 Å². The molecule has 0 unspecified atom stereocenters. The first-order valence-electron chi connectivity index (χ1n) is 9.81. The van der Waals surface area contributed by atoms with E-state index < -0.39 is 0 Å². The number of hydrogen-bond donors (Lipinski definition) is 2. The Morgan fingerprint density at radius 1 is 1.11 bits per heavy atom. The van der Waals surface area contributed by atoms with E-state index in [4.69, 9.17) is 5.73 Å². The summed E-state index contributed by atoms with van der Waals surface area (Å²) in [7, 11) is 0. The van der Waals surface area contributed by atoms with Gasteiger partial charge in [-0.1, -0.05) is 42.4 Å². The summed E-state index contributed by atoms with van der Waals surface area (Å²) in [4.78, 5) is 15.4. The van der Waals surface area contributed by atoms with E-state index in [1.54, 1.807) is 18.2 Å². The van der Waals surface area contributed by atoms with Gasteiger partial charge in [-0.25, -0.2) is 9.37 Å². The van der Waals surface area contributed by atoms with Crippen molar-refractivity contribution in [3.05, 3.63) is 59.4 Å². The maximum absolute atomic E-state index is 13.0. The summed E-state index contributed by atoms with van der Waals surface area (Å²) in [5, 5.41) is 4.36. The molecule has 2 fully saturated rings. The third-order valence-electron chi connectivity index (χ3n) is 5.28. The zero-order chi connectivity index (χ0) is 19.5. The lowest BCUT2D eigenvalue weighted by atomic mass is 10.0. The lowest BCUT2D eigenvalue weighted by Gasteiger charge is -2.09. The Bertz CT molecular complexity index is 977. The SMILES string of the molecule is Fc1ccc2nc(NC3CCCC3)sc2c1.NC(=O)c1ccccc1C1CC1. The molecule has 5 rings (SSSR count). The zero-order valence-electron chi connectivity index (χ0n) is 15.7. The van der Waals surface area contributed by atoms with Gasteiger partial charge in [0.1, 0.15) is 5.82 Å². The van der Waals surface area contributed by atoms with Crippen LogP contribution in [-0.4, -0.2) is 16.9 Å². The van der Waals surface area contributed by atoms with E-state index in [-0.39, 0.29) is 11.7 Å². The van der Waals surface area contributed by atoms with Crippen molar-refractivity contribution in [1.29, 1.82) is 0 Å². The van der Waals surface area contributed by atoms with Gasteiger partial charge in [-0.2, -0.15) is 0 Å². The summed E-state index contributed by atoms with van der Waals surface area (Å²) in [6, 6.07) is 12.9. The molecule has 2 aliphatic carbocycles. The number of fused-ring (bicyclic) bond motifs is 1. The van der Waals surface area contributed by atoms with Gasteiger partial charge in [0.2, 0.25) is 5.91 Å². The number of nitrogens with two attached hydrogens (primary N) is 1. The third kappa shape index (κ3) is 4.50. The van der Waals surface area contributed by atoms with Gasteiger partial charge in [0, 0.05) is 11.6 Å². The van der Waals surface area contributed by atoms with Crippen LogP contribution in [0.1, 0.15) is 60.4 Å². The molecule has 1 heterocycles. The van der Waals surface area contributed by atoms with Gasteiger partial charge in [0.05, 0.1) is 10.2 Å². The second kappa shape index (κ2) is 8.27. The molecule has 3 N–H and O–H groups in total. The number of carbonyl (C=O) groups excluding carboxylic acids is 1. The van der Waals surface area contributed by atoms with Crippen LogP contribution < -0.4 is 11.1 Å². The second-order valence-electron chi connectivity index (χ2n) is 7.48. The van der Waals surface area contributed by atoms with E-state index >= 15 is 0 Å². The number of hydrogen-bond acceptors (Lipinski definition) is 4. The molecule has 6 heteroatoms. The number of benzene rings is 2. The van der Waals surface area contributed by atoms with E-state index in [0.29, 0.717) is 17.5 Å². The lowest BCUT2D eigenvalue weighted by Crippen LogP contribution is -2.13. The van der Waals surface area contributed by atoms with Gasteiger partial charge in [0.15, 0.2) is 5.13 Å². The van der Waals surface area contributed by atoms with Crippen molar-refractivity contribution in [2.45, 2.75) is 50.5 Å². The largest absolute Gasteiger partial charge is 0.366 e. The molecular weight excluding hydrogens is 373 g/mol. The molecule has 28 heavy (non-hydrogen) atoms. The van der Waals surface area contributed by atoms with Crippen molar-refractivity contribution in [1.82, 2.24) is 4.98 Å². The number of nitrogens with zero attached hydrogens (tertiary/aromatic N) is 1. The molecule has 0 atom stereocenters. The van der Waals surface area contributed by atoms with Crippen molar-refractivity contribution in [2.75, 3.05) is 5.32 Å². The van der Waals surface area contributed by atoms with Crippen LogP contribution in [-0.2, 0) is 0 Å². The quantitative estimate of drug-likeness (QED) is 0.615. The Balaban J connectivity index is 0.000000143. The number of amides is 1. The highest BCUT2D eigenvalue weighted by atomic mass is 32.1. The van der Waals surface area contributed by atoms with Crippen molar-refractivity contribution in [3.8, 4) is 0 Å². The molecule has 2 saturated carbocycles. The van der Waals surface area contributed by atoms with Gasteiger partial charge in [-0.3, -0.25) is 4.79 Å². The smallest absolute Gasteiger partial charge is 0.248 e. The zero-order valence-corrected chi connectivity index (χ0v) is 16.5. The first kappa shape index (κ1) is 18.9. The second-order valence-corrected chi connectivity index (χ2v) is 8.51. The number of thiazole rings is 1. The van der Waals surface area contributed by atoms with Crippen molar-refractivity contribution < 1.29 is 9.18 Å². The Morgan fingerprint density at radius 3 is 2.57 bits per heavy atom. The minimum atomic E-state index is -0.308. The van der Waals surface area contributed by atoms with E-state index in [2.05, 4.69) is 10.3 Å². The molecule has 4 nitrogen and oxygen atoms in total. The maximum Gasteiger partial charge on any atom is 0.248 e. The number of primary amides is 1. The number of halogens is 1. The minimum absolute atomic E-state index is 0.191. The summed E-state index contributed by atoms with van der Waals surface area (Å²) in [6.07, 6.45) is 7.46. The standard InChI is InChI=1S/C12H13FN2S.C10H11NO/c13-8-5-6-10-11(7-8)16-12(15-10)14-9-3-1-2-4-9;11-10(12)9-4-2-1-3-8(9)7-5-6-7/h5-7,9H,1-4H2,(H,14,15);1-4,7H,5-6H2,(H2,11,12). The van der Waals surface area contributed by atoms with Crippen LogP contribution in [0.15, 0.2) is 42.5 Å². The predicted octanol–water partition coefficient (Wildman–Crippen LogP) is 5.45. The molecule has 2 aromatic carbocycles. The third-order valence-corrected chi connectivity index (χ3v) is 6.23. The predicted molar refractivity (Wildman–Crippen MR) is 112 cm³/mol. The van der Waals surface area contributed by atoms with Crippen LogP contribution in [0.2, 0.25) is 0 Å². The summed E-state index contributed by atoms with van der Waals surface area (Å²) < 4.78 is 13.9. The van der Waals surface area contributed by atoms with Gasteiger partial charge < -0.3 is 11.1 Å². The van der Waals surface area contributed by atoms with Crippen LogP contribution in [0.3, 0.4) is 0 Å². The van der Waals surface area contributed by atoms with Crippen LogP contribution in [0.4, 0.5) is 9.52 Å². The summed E-state index contributed by atoms with van der Waals surface area (Å²) >= 11 is 1.54. The molecule has 0 saturated heterocycles. The molecule has 0 radical (unpaired) electrons. The number of anilines is 1. The topological polar surface area (TPSA) is 68.0 Å². The number of carbonyl (C=O) groups is 1. The first-order chi connectivity index (χ1) is 13.6. The van der Waals surface area contributed by atoms with Crippen molar-refractivity contribution in [2.24, 2.45) is 5.73 Å². The monoisotopic (exact) mass is 397 g/mol. The Labute approximate surface area is 168 Å². The molecule has 1 aromatic heterocycles. The molecule has 0 aliphatic heterocycles. The average Bonchev–Trinajstić information content (AvgIpc) is 3.27. The van der Waals surface area contributed by atoms with Gasteiger partial charge >= 0.3 is 0 Å². The molecule has 0 bridgehead atoms. The van der Waals surface area contributed by atoms with E-state index in [9.17, 15) is 9.18 Å². The first-order valence-corrected chi connectivity index (χ1v) is 10.6. The maximum atomic E-state index is 13.0. The fourth-order valence-electron chi connectivity index (χ4n) is 3.68. The molecule has 1 amide bonds. The van der Waals surface area contributed by atoms with Crippen molar-refractivity contribution in [3.63, 3.8) is 0 Å². The van der Waals surface area contributed by atoms with Crippen LogP contribution >= 0.6 is 11.3 Å². The molecular formula is C22H24FN3OS. The summed E-state index contributed by atoms with van der Waals surface area (Å²) in [5.41, 5.74) is 7.95. The highest BCUT2D eigenvalue weighted by molar-refractivity contribution is 7.22. The molecule has 146 valence electrons. The van der Waals surface area contributed by atoms with E-state index in [0.717, 1.165) is 20.9 Å². The fraction of sp³-hybridized carbons (Fsp3) is 0.364. The van der Waals surface area contributed by atoms with Gasteiger partial charge in [-0.15, -0.1) is 0 Å². The number of rotatable bonds is 4. The molecule has 3 aromatic rings. The average molecular weight is 398 g/mol. The molecule has 0 spiro atoms.